The van der Waals surface area contributed by atoms with Crippen molar-refractivity contribution in [3.8, 4) is 0 Å². The zero-order chi connectivity index (χ0) is 7.40. The molecule has 0 aliphatic carbocycles. The average Bonchev–Trinajstić information content (AvgIpc) is 2.34. The summed E-state index contributed by atoms with van der Waals surface area (Å²) in [4.78, 5) is 1.08. The van der Waals surface area contributed by atoms with Crippen molar-refractivity contribution in [2.75, 3.05) is 14.1 Å². The average molecular weight is 155 g/mol. The maximum Gasteiger partial charge on any atom is 0.0678 e. The van der Waals surface area contributed by atoms with Crippen LogP contribution in [0.15, 0.2) is 17.4 Å². The molecule has 0 saturated heterocycles. The monoisotopic (exact) mass is 155 g/mol. The fraction of sp³-hybridized carbons (Fsp3) is 0.333. The summed E-state index contributed by atoms with van der Waals surface area (Å²) in [7, 11) is 3.77. The van der Waals surface area contributed by atoms with Gasteiger partial charge in [-0.05, 0) is 17.6 Å². The van der Waals surface area contributed by atoms with E-state index in [9.17, 15) is 0 Å². The van der Waals surface area contributed by atoms with Crippen LogP contribution in [0.1, 0.15) is 4.88 Å². The molecule has 0 fully saturated rings. The maximum absolute atomic E-state index is 4.05. The second-order valence-electron chi connectivity index (χ2n) is 2.01. The third kappa shape index (κ3) is 2.14. The summed E-state index contributed by atoms with van der Waals surface area (Å²) >= 11 is 1.44. The van der Waals surface area contributed by atoms with Crippen molar-refractivity contribution < 1.29 is 0 Å². The number of nitrogens with zero attached hydrogens (tertiary/aromatic N) is 3. The third-order valence-electron chi connectivity index (χ3n) is 0.874. The minimum atomic E-state index is 1.08. The zero-order valence-corrected chi connectivity index (χ0v) is 6.80. The normalized spacial score (nSPS) is 10.6. The molecule has 0 aromatic carbocycles. The van der Waals surface area contributed by atoms with Crippen LogP contribution in [0.3, 0.4) is 0 Å². The summed E-state index contributed by atoms with van der Waals surface area (Å²) in [6.07, 6.45) is 3.55. The molecular weight excluding hydrogens is 146 g/mol. The van der Waals surface area contributed by atoms with Gasteiger partial charge in [0.1, 0.15) is 0 Å². The molecule has 0 aliphatic heterocycles. The minimum Gasteiger partial charge on any atom is -0.303 e. The van der Waals surface area contributed by atoms with Crippen molar-refractivity contribution in [2.24, 2.45) is 5.10 Å². The first-order chi connectivity index (χ1) is 4.79. The lowest BCUT2D eigenvalue weighted by atomic mass is 10.5. The van der Waals surface area contributed by atoms with Crippen LogP contribution in [-0.2, 0) is 0 Å². The van der Waals surface area contributed by atoms with Gasteiger partial charge >= 0.3 is 0 Å². The summed E-state index contributed by atoms with van der Waals surface area (Å²) < 4.78 is 3.93. The van der Waals surface area contributed by atoms with Crippen LogP contribution in [0, 0.1) is 0 Å². The van der Waals surface area contributed by atoms with Crippen molar-refractivity contribution in [1.29, 1.82) is 0 Å². The fourth-order valence-electron chi connectivity index (χ4n) is 0.465. The van der Waals surface area contributed by atoms with E-state index >= 15 is 0 Å². The zero-order valence-electron chi connectivity index (χ0n) is 5.98. The van der Waals surface area contributed by atoms with Gasteiger partial charge in [-0.25, -0.2) is 4.37 Å². The van der Waals surface area contributed by atoms with Gasteiger partial charge in [-0.1, -0.05) is 0 Å². The number of rotatable bonds is 2. The number of hydrazone groups is 1. The highest BCUT2D eigenvalue weighted by atomic mass is 32.1. The SMILES string of the molecule is CN(C)/N=C/c1ccns1. The summed E-state index contributed by atoms with van der Waals surface area (Å²) in [6, 6.07) is 1.93. The lowest BCUT2D eigenvalue weighted by Crippen LogP contribution is -2.01. The fourth-order valence-corrected chi connectivity index (χ4v) is 0.924. The molecule has 0 saturated carbocycles. The molecule has 54 valence electrons. The summed E-state index contributed by atoms with van der Waals surface area (Å²) in [5.41, 5.74) is 0. The lowest BCUT2D eigenvalue weighted by molar-refractivity contribution is 0.440. The predicted molar refractivity (Wildman–Crippen MR) is 43.4 cm³/mol. The van der Waals surface area contributed by atoms with Crippen LogP contribution < -0.4 is 0 Å². The Hall–Kier alpha value is -0.900. The number of hydrogen-bond donors (Lipinski definition) is 0. The lowest BCUT2D eigenvalue weighted by Gasteiger charge is -2.00. The van der Waals surface area contributed by atoms with Crippen molar-refractivity contribution in [3.05, 3.63) is 17.1 Å². The van der Waals surface area contributed by atoms with E-state index in [2.05, 4.69) is 9.47 Å². The quantitative estimate of drug-likeness (QED) is 0.471. The molecule has 10 heavy (non-hydrogen) atoms. The predicted octanol–water partition coefficient (Wildman–Crippen LogP) is 1.04. The van der Waals surface area contributed by atoms with E-state index in [-0.39, 0.29) is 0 Å². The molecule has 0 unspecified atom stereocenters. The Morgan fingerprint density at radius 2 is 2.50 bits per heavy atom. The number of hydrogen-bond acceptors (Lipinski definition) is 4. The van der Waals surface area contributed by atoms with E-state index in [0.717, 1.165) is 4.88 Å². The Bertz CT molecular complexity index is 203. The van der Waals surface area contributed by atoms with Gasteiger partial charge in [-0.3, -0.25) is 0 Å². The summed E-state index contributed by atoms with van der Waals surface area (Å²) in [5.74, 6) is 0. The molecule has 0 N–H and O–H groups in total. The Labute approximate surface area is 64.2 Å². The molecular formula is C6H9N3S. The van der Waals surface area contributed by atoms with Gasteiger partial charge in [-0.2, -0.15) is 5.10 Å². The molecule has 1 heterocycles. The van der Waals surface area contributed by atoms with Crippen molar-refractivity contribution in [2.45, 2.75) is 0 Å². The first-order valence-electron chi connectivity index (χ1n) is 2.91. The summed E-state index contributed by atoms with van der Waals surface area (Å²) in [5, 5.41) is 5.80. The van der Waals surface area contributed by atoms with Crippen LogP contribution in [0.2, 0.25) is 0 Å². The minimum absolute atomic E-state index is 1.08. The molecule has 1 aromatic heterocycles. The van der Waals surface area contributed by atoms with Gasteiger partial charge in [-0.15, -0.1) is 0 Å². The van der Waals surface area contributed by atoms with Gasteiger partial charge < -0.3 is 5.01 Å². The van der Waals surface area contributed by atoms with E-state index in [1.54, 1.807) is 17.4 Å². The molecule has 0 spiro atoms. The van der Waals surface area contributed by atoms with Crippen molar-refractivity contribution in [3.63, 3.8) is 0 Å². The van der Waals surface area contributed by atoms with Gasteiger partial charge in [0.2, 0.25) is 0 Å². The van der Waals surface area contributed by atoms with Crippen molar-refractivity contribution >= 4 is 17.7 Å². The van der Waals surface area contributed by atoms with Crippen molar-refractivity contribution in [1.82, 2.24) is 9.38 Å². The van der Waals surface area contributed by atoms with E-state index in [4.69, 9.17) is 0 Å². The van der Waals surface area contributed by atoms with Gasteiger partial charge in [0.25, 0.3) is 0 Å². The van der Waals surface area contributed by atoms with Crippen LogP contribution in [0.5, 0.6) is 0 Å². The van der Waals surface area contributed by atoms with Crippen LogP contribution >= 0.6 is 11.5 Å². The molecule has 1 aromatic rings. The summed E-state index contributed by atoms with van der Waals surface area (Å²) in [6.45, 7) is 0. The van der Waals surface area contributed by atoms with Gasteiger partial charge in [0.05, 0.1) is 11.1 Å². The molecule has 0 amide bonds. The molecule has 3 nitrogen and oxygen atoms in total. The van der Waals surface area contributed by atoms with E-state index in [1.165, 1.54) is 11.5 Å². The second-order valence-corrected chi connectivity index (χ2v) is 2.87. The molecule has 0 bridgehead atoms. The first-order valence-corrected chi connectivity index (χ1v) is 3.68. The largest absolute Gasteiger partial charge is 0.303 e. The molecule has 0 radical (unpaired) electrons. The van der Waals surface area contributed by atoms with Crippen LogP contribution in [0.4, 0.5) is 0 Å². The number of aromatic nitrogens is 1. The van der Waals surface area contributed by atoms with E-state index in [1.807, 2.05) is 20.2 Å². The smallest absolute Gasteiger partial charge is 0.0678 e. The highest BCUT2D eigenvalue weighted by molar-refractivity contribution is 7.07. The van der Waals surface area contributed by atoms with E-state index in [0.29, 0.717) is 0 Å². The van der Waals surface area contributed by atoms with Crippen LogP contribution in [0.25, 0.3) is 0 Å². The Morgan fingerprint density at radius 1 is 1.70 bits per heavy atom. The first kappa shape index (κ1) is 7.21. The topological polar surface area (TPSA) is 28.5 Å². The molecule has 0 atom stereocenters. The van der Waals surface area contributed by atoms with Gasteiger partial charge in [0.15, 0.2) is 0 Å². The van der Waals surface area contributed by atoms with Gasteiger partial charge in [0, 0.05) is 20.3 Å². The highest BCUT2D eigenvalue weighted by Gasteiger charge is 1.86. The molecule has 1 rings (SSSR count). The molecule has 0 aliphatic rings. The highest BCUT2D eigenvalue weighted by Crippen LogP contribution is 1.99. The van der Waals surface area contributed by atoms with E-state index < -0.39 is 0 Å². The Kier molecular flexibility index (Phi) is 2.39. The maximum atomic E-state index is 4.05. The Balaban J connectivity index is 2.55. The van der Waals surface area contributed by atoms with Crippen LogP contribution in [-0.4, -0.2) is 29.7 Å². The standard InChI is InChI=1S/C6H9N3S/c1-9(2)7-5-6-3-4-8-10-6/h3-5H,1-2H3/b7-5+. The second kappa shape index (κ2) is 3.31. The third-order valence-corrected chi connectivity index (χ3v) is 1.55. The Morgan fingerprint density at radius 3 is 3.00 bits per heavy atom. The molecule has 4 heteroatoms.